The summed E-state index contributed by atoms with van der Waals surface area (Å²) in [7, 11) is 0. The molecule has 2 aromatic rings. The van der Waals surface area contributed by atoms with E-state index < -0.39 is 11.7 Å². The number of hydrogen-bond donors (Lipinski definition) is 1. The van der Waals surface area contributed by atoms with Crippen LogP contribution in [0.15, 0.2) is 35.1 Å². The molecule has 2 rings (SSSR count). The smallest absolute Gasteiger partial charge is 0.333 e. The van der Waals surface area contributed by atoms with Crippen LogP contribution in [0.4, 0.5) is 13.2 Å². The maximum atomic E-state index is 12.4. The first-order chi connectivity index (χ1) is 7.47. The fourth-order valence-corrected chi connectivity index (χ4v) is 1.58. The molecule has 84 valence electrons. The SMILES string of the molecule is FC(F)(F)c1cccc(-c2ncc(Br)[nH]2)c1. The first-order valence-corrected chi connectivity index (χ1v) is 5.14. The van der Waals surface area contributed by atoms with Gasteiger partial charge < -0.3 is 4.98 Å². The molecule has 0 aliphatic heterocycles. The fourth-order valence-electron chi connectivity index (χ4n) is 1.29. The molecule has 6 heteroatoms. The quantitative estimate of drug-likeness (QED) is 0.849. The number of nitrogens with one attached hydrogen (secondary N) is 1. The van der Waals surface area contributed by atoms with E-state index in [2.05, 4.69) is 25.9 Å². The van der Waals surface area contributed by atoms with Crippen molar-refractivity contribution in [1.82, 2.24) is 9.97 Å². The monoisotopic (exact) mass is 290 g/mol. The van der Waals surface area contributed by atoms with Gasteiger partial charge >= 0.3 is 6.18 Å². The van der Waals surface area contributed by atoms with Gasteiger partial charge in [0.1, 0.15) is 10.4 Å². The Morgan fingerprint density at radius 1 is 1.25 bits per heavy atom. The molecule has 2 nitrogen and oxygen atoms in total. The van der Waals surface area contributed by atoms with Crippen LogP contribution in [0.5, 0.6) is 0 Å². The summed E-state index contributed by atoms with van der Waals surface area (Å²) < 4.78 is 38.0. The molecule has 1 N–H and O–H groups in total. The van der Waals surface area contributed by atoms with Crippen molar-refractivity contribution in [1.29, 1.82) is 0 Å². The number of benzene rings is 1. The number of H-pyrrole nitrogens is 1. The Labute approximate surface area is 97.6 Å². The fraction of sp³-hybridized carbons (Fsp3) is 0.100. The molecule has 0 aliphatic rings. The summed E-state index contributed by atoms with van der Waals surface area (Å²) in [5.41, 5.74) is -0.280. The van der Waals surface area contributed by atoms with Gasteiger partial charge in [0.25, 0.3) is 0 Å². The molecule has 0 spiro atoms. The second-order valence-electron chi connectivity index (χ2n) is 3.16. The number of aromatic nitrogens is 2. The van der Waals surface area contributed by atoms with Gasteiger partial charge in [-0.15, -0.1) is 0 Å². The lowest BCUT2D eigenvalue weighted by atomic mass is 10.1. The molecule has 0 aliphatic carbocycles. The van der Waals surface area contributed by atoms with Crippen LogP contribution in [0.3, 0.4) is 0 Å². The predicted octanol–water partition coefficient (Wildman–Crippen LogP) is 3.86. The molecule has 0 bridgehead atoms. The van der Waals surface area contributed by atoms with Gasteiger partial charge in [0.05, 0.1) is 11.8 Å². The van der Waals surface area contributed by atoms with Gasteiger partial charge in [-0.2, -0.15) is 13.2 Å². The highest BCUT2D eigenvalue weighted by atomic mass is 79.9. The van der Waals surface area contributed by atoms with Gasteiger partial charge in [-0.3, -0.25) is 0 Å². The molecule has 16 heavy (non-hydrogen) atoms. The van der Waals surface area contributed by atoms with Crippen LogP contribution >= 0.6 is 15.9 Å². The average Bonchev–Trinajstić information content (AvgIpc) is 2.64. The maximum absolute atomic E-state index is 12.4. The molecule has 0 radical (unpaired) electrons. The number of hydrogen-bond acceptors (Lipinski definition) is 1. The molecular formula is C10H6BrF3N2. The minimum absolute atomic E-state index is 0.401. The van der Waals surface area contributed by atoms with Gasteiger partial charge in [-0.1, -0.05) is 12.1 Å². The number of imidazole rings is 1. The zero-order valence-corrected chi connectivity index (χ0v) is 9.43. The largest absolute Gasteiger partial charge is 0.416 e. The minimum atomic E-state index is -4.33. The predicted molar refractivity (Wildman–Crippen MR) is 56.7 cm³/mol. The van der Waals surface area contributed by atoms with E-state index >= 15 is 0 Å². The average molecular weight is 291 g/mol. The summed E-state index contributed by atoms with van der Waals surface area (Å²) in [6.45, 7) is 0. The van der Waals surface area contributed by atoms with Crippen molar-refractivity contribution in [3.63, 3.8) is 0 Å². The first kappa shape index (κ1) is 11.2. The number of halogens is 4. The second-order valence-corrected chi connectivity index (χ2v) is 4.01. The third-order valence-corrected chi connectivity index (χ3v) is 2.41. The molecule has 0 saturated heterocycles. The third-order valence-electron chi connectivity index (χ3n) is 2.01. The van der Waals surface area contributed by atoms with Crippen LogP contribution in [-0.4, -0.2) is 9.97 Å². The lowest BCUT2D eigenvalue weighted by Gasteiger charge is -2.07. The van der Waals surface area contributed by atoms with E-state index in [1.165, 1.54) is 12.3 Å². The maximum Gasteiger partial charge on any atom is 0.416 e. The number of aromatic amines is 1. The molecule has 0 atom stereocenters. The minimum Gasteiger partial charge on any atom is -0.333 e. The van der Waals surface area contributed by atoms with E-state index in [0.29, 0.717) is 16.0 Å². The van der Waals surface area contributed by atoms with Gasteiger partial charge in [-0.05, 0) is 28.1 Å². The van der Waals surface area contributed by atoms with Crippen molar-refractivity contribution in [2.24, 2.45) is 0 Å². The van der Waals surface area contributed by atoms with Crippen LogP contribution in [0.25, 0.3) is 11.4 Å². The van der Waals surface area contributed by atoms with Gasteiger partial charge in [-0.25, -0.2) is 4.98 Å². The van der Waals surface area contributed by atoms with E-state index in [4.69, 9.17) is 0 Å². The van der Waals surface area contributed by atoms with Crippen LogP contribution in [0.1, 0.15) is 5.56 Å². The zero-order valence-electron chi connectivity index (χ0n) is 7.85. The summed E-state index contributed by atoms with van der Waals surface area (Å²) in [4.78, 5) is 6.75. The Balaban J connectivity index is 2.44. The highest BCUT2D eigenvalue weighted by Crippen LogP contribution is 2.31. The molecular weight excluding hydrogens is 285 g/mol. The highest BCUT2D eigenvalue weighted by molar-refractivity contribution is 9.10. The summed E-state index contributed by atoms with van der Waals surface area (Å²) in [6.07, 6.45) is -2.84. The highest BCUT2D eigenvalue weighted by Gasteiger charge is 2.30. The zero-order chi connectivity index (χ0) is 11.8. The van der Waals surface area contributed by atoms with Crippen LogP contribution in [-0.2, 0) is 6.18 Å². The standard InChI is InChI=1S/C10H6BrF3N2/c11-8-5-15-9(16-8)6-2-1-3-7(4-6)10(12,13)14/h1-5H,(H,15,16). The van der Waals surface area contributed by atoms with Crippen molar-refractivity contribution in [3.8, 4) is 11.4 Å². The molecule has 0 amide bonds. The van der Waals surface area contributed by atoms with Crippen molar-refractivity contribution >= 4 is 15.9 Å². The summed E-state index contributed by atoms with van der Waals surface area (Å²) in [5, 5.41) is 0. The van der Waals surface area contributed by atoms with Crippen molar-refractivity contribution in [2.75, 3.05) is 0 Å². The first-order valence-electron chi connectivity index (χ1n) is 4.35. The van der Waals surface area contributed by atoms with E-state index in [-0.39, 0.29) is 0 Å². The molecule has 1 aromatic heterocycles. The lowest BCUT2D eigenvalue weighted by molar-refractivity contribution is -0.137. The van der Waals surface area contributed by atoms with E-state index in [1.807, 2.05) is 0 Å². The lowest BCUT2D eigenvalue weighted by Crippen LogP contribution is -2.04. The van der Waals surface area contributed by atoms with Crippen molar-refractivity contribution in [2.45, 2.75) is 6.18 Å². The van der Waals surface area contributed by atoms with Crippen LogP contribution in [0.2, 0.25) is 0 Å². The summed E-state index contributed by atoms with van der Waals surface area (Å²) in [5.74, 6) is 0.401. The van der Waals surface area contributed by atoms with Crippen LogP contribution in [0, 0.1) is 0 Å². The molecule has 0 unspecified atom stereocenters. The molecule has 1 heterocycles. The Bertz CT molecular complexity index is 505. The van der Waals surface area contributed by atoms with Gasteiger partial charge in [0, 0.05) is 5.56 Å². The number of alkyl halides is 3. The Morgan fingerprint density at radius 2 is 2.00 bits per heavy atom. The van der Waals surface area contributed by atoms with Gasteiger partial charge in [0.15, 0.2) is 0 Å². The second kappa shape index (κ2) is 3.93. The Morgan fingerprint density at radius 3 is 2.56 bits per heavy atom. The summed E-state index contributed by atoms with van der Waals surface area (Å²) in [6, 6.07) is 5.02. The van der Waals surface area contributed by atoms with E-state index in [1.54, 1.807) is 6.07 Å². The normalized spacial score (nSPS) is 11.8. The van der Waals surface area contributed by atoms with Crippen molar-refractivity contribution in [3.05, 3.63) is 40.6 Å². The van der Waals surface area contributed by atoms with E-state index in [9.17, 15) is 13.2 Å². The third kappa shape index (κ3) is 2.27. The van der Waals surface area contributed by atoms with Crippen molar-refractivity contribution < 1.29 is 13.2 Å². The van der Waals surface area contributed by atoms with E-state index in [0.717, 1.165) is 12.1 Å². The molecule has 0 fully saturated rings. The summed E-state index contributed by atoms with van der Waals surface area (Å²) >= 11 is 3.15. The number of nitrogens with zero attached hydrogens (tertiary/aromatic N) is 1. The Hall–Kier alpha value is -1.30. The Kier molecular flexibility index (Phi) is 2.75. The number of rotatable bonds is 1. The molecule has 0 saturated carbocycles. The van der Waals surface area contributed by atoms with Crippen LogP contribution < -0.4 is 0 Å². The molecule has 1 aromatic carbocycles. The topological polar surface area (TPSA) is 28.7 Å². The van der Waals surface area contributed by atoms with Gasteiger partial charge in [0.2, 0.25) is 0 Å².